The van der Waals surface area contributed by atoms with Crippen LogP contribution in [0.25, 0.3) is 11.3 Å². The maximum Gasteiger partial charge on any atom is 0.149 e. The number of hydrogen-bond acceptors (Lipinski definition) is 5. The van der Waals surface area contributed by atoms with Gasteiger partial charge in [-0.3, -0.25) is 0 Å². The van der Waals surface area contributed by atoms with Crippen molar-refractivity contribution in [2.45, 2.75) is 39.3 Å². The molecule has 0 radical (unpaired) electrons. The summed E-state index contributed by atoms with van der Waals surface area (Å²) in [5.74, 6) is 0.828. The second kappa shape index (κ2) is 7.28. The Balaban J connectivity index is 1.82. The van der Waals surface area contributed by atoms with Crippen molar-refractivity contribution >= 4 is 5.82 Å². The summed E-state index contributed by atoms with van der Waals surface area (Å²) in [6.07, 6.45) is 2.38. The molecule has 2 aromatic rings. The van der Waals surface area contributed by atoms with Gasteiger partial charge in [0, 0.05) is 18.2 Å². The topological polar surface area (TPSA) is 61.3 Å². The number of likely N-dealkylation sites (tertiary alicyclic amines) is 1. The summed E-state index contributed by atoms with van der Waals surface area (Å²) in [6, 6.07) is 8.54. The summed E-state index contributed by atoms with van der Waals surface area (Å²) >= 11 is 0. The molecule has 2 heterocycles. The maximum absolute atomic E-state index is 9.63. The van der Waals surface area contributed by atoms with Crippen molar-refractivity contribution in [3.8, 4) is 11.3 Å². The smallest absolute Gasteiger partial charge is 0.149 e. The van der Waals surface area contributed by atoms with Crippen molar-refractivity contribution in [3.63, 3.8) is 0 Å². The minimum absolute atomic E-state index is 0.00649. The molecule has 0 saturated carbocycles. The molecule has 1 saturated heterocycles. The number of rotatable bonds is 4. The zero-order valence-corrected chi connectivity index (χ0v) is 14.7. The lowest BCUT2D eigenvalue weighted by atomic mass is 9.99. The Hall–Kier alpha value is -1.98. The van der Waals surface area contributed by atoms with Crippen molar-refractivity contribution in [1.29, 1.82) is 0 Å². The summed E-state index contributed by atoms with van der Waals surface area (Å²) in [7, 11) is 2.15. The number of likely N-dealkylation sites (N-methyl/N-ethyl adjacent to an activating group) is 1. The van der Waals surface area contributed by atoms with E-state index >= 15 is 0 Å². The minimum atomic E-state index is 0.00649. The lowest BCUT2D eigenvalue weighted by Crippen LogP contribution is -2.39. The molecule has 0 unspecified atom stereocenters. The van der Waals surface area contributed by atoms with Crippen LogP contribution in [0.3, 0.4) is 0 Å². The number of benzene rings is 1. The van der Waals surface area contributed by atoms with Crippen molar-refractivity contribution in [2.75, 3.05) is 25.5 Å². The maximum atomic E-state index is 9.63. The quantitative estimate of drug-likeness (QED) is 0.905. The Labute approximate surface area is 143 Å². The van der Waals surface area contributed by atoms with E-state index in [0.717, 1.165) is 40.3 Å². The summed E-state index contributed by atoms with van der Waals surface area (Å²) < 4.78 is 0. The van der Waals surface area contributed by atoms with Gasteiger partial charge in [-0.15, -0.1) is 10.2 Å². The monoisotopic (exact) mass is 326 g/mol. The first-order chi connectivity index (χ1) is 11.6. The molecule has 128 valence electrons. The van der Waals surface area contributed by atoms with Crippen LogP contribution in [0, 0.1) is 13.8 Å². The Morgan fingerprint density at radius 1 is 1.25 bits per heavy atom. The number of aryl methyl sites for hydroxylation is 2. The van der Waals surface area contributed by atoms with E-state index in [4.69, 9.17) is 0 Å². The van der Waals surface area contributed by atoms with Crippen LogP contribution in [0.2, 0.25) is 0 Å². The number of aliphatic hydroxyl groups is 1. The van der Waals surface area contributed by atoms with Gasteiger partial charge in [0.05, 0.1) is 12.3 Å². The summed E-state index contributed by atoms with van der Waals surface area (Å²) in [5.41, 5.74) is 4.88. The third-order valence-corrected chi connectivity index (χ3v) is 4.65. The van der Waals surface area contributed by atoms with E-state index in [0.29, 0.717) is 6.04 Å². The van der Waals surface area contributed by atoms with E-state index in [-0.39, 0.29) is 6.61 Å². The average molecular weight is 326 g/mol. The molecular formula is C19H26N4O. The molecule has 1 fully saturated rings. The predicted octanol–water partition coefficient (Wildman–Crippen LogP) is 2.76. The van der Waals surface area contributed by atoms with Gasteiger partial charge in [-0.05, 0) is 57.5 Å². The van der Waals surface area contributed by atoms with Crippen LogP contribution >= 0.6 is 0 Å². The first-order valence-electron chi connectivity index (χ1n) is 8.57. The molecule has 5 heteroatoms. The summed E-state index contributed by atoms with van der Waals surface area (Å²) in [4.78, 5) is 2.34. The Kier molecular flexibility index (Phi) is 5.11. The molecule has 1 aromatic heterocycles. The number of nitrogens with one attached hydrogen (secondary N) is 1. The van der Waals surface area contributed by atoms with Crippen molar-refractivity contribution < 1.29 is 5.11 Å². The summed E-state index contributed by atoms with van der Waals surface area (Å²) in [5, 5.41) is 21.9. The molecule has 2 N–H and O–H groups in total. The number of piperidine rings is 1. The third kappa shape index (κ3) is 3.74. The molecule has 0 amide bonds. The van der Waals surface area contributed by atoms with E-state index in [9.17, 15) is 5.11 Å². The highest BCUT2D eigenvalue weighted by atomic mass is 16.3. The largest absolute Gasteiger partial charge is 0.392 e. The fourth-order valence-corrected chi connectivity index (χ4v) is 3.40. The first-order valence-corrected chi connectivity index (χ1v) is 8.57. The SMILES string of the molecule is Cc1ccc(-c2nnc(N[C@@H]3CCCN(C)C3)cc2C)c(CO)c1. The first kappa shape index (κ1) is 16.9. The molecule has 1 aliphatic heterocycles. The molecule has 24 heavy (non-hydrogen) atoms. The van der Waals surface area contributed by atoms with Gasteiger partial charge in [0.1, 0.15) is 5.82 Å². The second-order valence-corrected chi connectivity index (χ2v) is 6.83. The average Bonchev–Trinajstić information content (AvgIpc) is 2.55. The van der Waals surface area contributed by atoms with Crippen molar-refractivity contribution in [2.24, 2.45) is 0 Å². The molecule has 1 atom stereocenters. The van der Waals surface area contributed by atoms with Crippen molar-refractivity contribution in [1.82, 2.24) is 15.1 Å². The van der Waals surface area contributed by atoms with Gasteiger partial charge >= 0.3 is 0 Å². The van der Waals surface area contributed by atoms with E-state index in [2.05, 4.69) is 33.5 Å². The standard InChI is InChI=1S/C19H26N4O/c1-13-6-7-17(15(9-13)12-24)19-14(2)10-18(21-22-19)20-16-5-4-8-23(3)11-16/h6-7,9-10,16,24H,4-5,8,11-12H2,1-3H3,(H,20,21)/t16-/m1/s1. The van der Waals surface area contributed by atoms with E-state index < -0.39 is 0 Å². The number of nitrogens with zero attached hydrogens (tertiary/aromatic N) is 3. The number of aromatic nitrogens is 2. The van der Waals surface area contributed by atoms with Crippen LogP contribution in [-0.4, -0.2) is 46.4 Å². The van der Waals surface area contributed by atoms with Gasteiger partial charge in [-0.25, -0.2) is 0 Å². The highest BCUT2D eigenvalue weighted by Gasteiger charge is 2.18. The molecule has 3 rings (SSSR count). The Morgan fingerprint density at radius 2 is 2.08 bits per heavy atom. The third-order valence-electron chi connectivity index (χ3n) is 4.65. The van der Waals surface area contributed by atoms with Crippen LogP contribution < -0.4 is 5.32 Å². The van der Waals surface area contributed by atoms with E-state index in [1.54, 1.807) is 0 Å². The van der Waals surface area contributed by atoms with Gasteiger partial charge in [-0.1, -0.05) is 23.8 Å². The molecule has 1 aliphatic rings. The number of aliphatic hydroxyl groups excluding tert-OH is 1. The lowest BCUT2D eigenvalue weighted by molar-refractivity contribution is 0.260. The van der Waals surface area contributed by atoms with Crippen LogP contribution in [0.5, 0.6) is 0 Å². The molecule has 0 spiro atoms. The van der Waals surface area contributed by atoms with Crippen LogP contribution in [-0.2, 0) is 6.61 Å². The molecule has 0 aliphatic carbocycles. The predicted molar refractivity (Wildman–Crippen MR) is 97.0 cm³/mol. The molecule has 1 aromatic carbocycles. The lowest BCUT2D eigenvalue weighted by Gasteiger charge is -2.30. The van der Waals surface area contributed by atoms with E-state index in [1.807, 2.05) is 32.0 Å². The zero-order chi connectivity index (χ0) is 17.1. The van der Waals surface area contributed by atoms with Gasteiger partial charge in [-0.2, -0.15) is 0 Å². The van der Waals surface area contributed by atoms with Crippen LogP contribution in [0.15, 0.2) is 24.3 Å². The minimum Gasteiger partial charge on any atom is -0.392 e. The van der Waals surface area contributed by atoms with E-state index in [1.165, 1.54) is 19.4 Å². The fourth-order valence-electron chi connectivity index (χ4n) is 3.40. The highest BCUT2D eigenvalue weighted by Crippen LogP contribution is 2.27. The summed E-state index contributed by atoms with van der Waals surface area (Å²) in [6.45, 7) is 6.28. The molecule has 0 bridgehead atoms. The number of hydrogen-bond donors (Lipinski definition) is 2. The molecular weight excluding hydrogens is 300 g/mol. The van der Waals surface area contributed by atoms with Gasteiger partial charge < -0.3 is 15.3 Å². The second-order valence-electron chi connectivity index (χ2n) is 6.83. The van der Waals surface area contributed by atoms with Gasteiger partial charge in [0.2, 0.25) is 0 Å². The molecule has 5 nitrogen and oxygen atoms in total. The van der Waals surface area contributed by atoms with Crippen LogP contribution in [0.1, 0.15) is 29.5 Å². The van der Waals surface area contributed by atoms with Crippen molar-refractivity contribution in [3.05, 3.63) is 41.0 Å². The van der Waals surface area contributed by atoms with Gasteiger partial charge in [0.15, 0.2) is 0 Å². The number of anilines is 1. The zero-order valence-electron chi connectivity index (χ0n) is 14.7. The van der Waals surface area contributed by atoms with Crippen LogP contribution in [0.4, 0.5) is 5.82 Å². The fraction of sp³-hybridized carbons (Fsp3) is 0.474. The Bertz CT molecular complexity index is 717. The normalized spacial score (nSPS) is 18.6. The Morgan fingerprint density at radius 3 is 2.79 bits per heavy atom. The highest BCUT2D eigenvalue weighted by molar-refractivity contribution is 5.67. The van der Waals surface area contributed by atoms with Gasteiger partial charge in [0.25, 0.3) is 0 Å².